The predicted octanol–water partition coefficient (Wildman–Crippen LogP) is 0.0459. The Labute approximate surface area is 85.2 Å². The lowest BCUT2D eigenvalue weighted by atomic mass is 10.3. The second-order valence-corrected chi connectivity index (χ2v) is 3.35. The first-order chi connectivity index (χ1) is 7.02. The SMILES string of the molecule is Cc1nnc2c(=O)n(C)c(C)c(O)c2n1. The van der Waals surface area contributed by atoms with E-state index in [0.717, 1.165) is 0 Å². The molecule has 0 fully saturated rings. The second-order valence-electron chi connectivity index (χ2n) is 3.35. The fraction of sp³-hybridized carbons (Fsp3) is 0.333. The van der Waals surface area contributed by atoms with Crippen LogP contribution >= 0.6 is 0 Å². The number of aromatic nitrogens is 4. The maximum absolute atomic E-state index is 11.7. The van der Waals surface area contributed by atoms with Crippen LogP contribution in [0.1, 0.15) is 11.5 Å². The normalized spacial score (nSPS) is 10.9. The zero-order valence-electron chi connectivity index (χ0n) is 8.64. The monoisotopic (exact) mass is 206 g/mol. The van der Waals surface area contributed by atoms with Gasteiger partial charge in [-0.15, -0.1) is 10.2 Å². The van der Waals surface area contributed by atoms with Gasteiger partial charge in [-0.05, 0) is 13.8 Å². The molecular formula is C9H10N4O2. The summed E-state index contributed by atoms with van der Waals surface area (Å²) in [6.45, 7) is 3.30. The van der Waals surface area contributed by atoms with Crippen LogP contribution in [0.25, 0.3) is 11.0 Å². The number of aryl methyl sites for hydroxylation is 1. The van der Waals surface area contributed by atoms with Crippen molar-refractivity contribution in [3.05, 3.63) is 21.9 Å². The van der Waals surface area contributed by atoms with E-state index < -0.39 is 0 Å². The molecule has 0 unspecified atom stereocenters. The maximum Gasteiger partial charge on any atom is 0.280 e. The molecule has 2 aromatic rings. The van der Waals surface area contributed by atoms with Crippen molar-refractivity contribution in [3.63, 3.8) is 0 Å². The molecule has 0 saturated carbocycles. The van der Waals surface area contributed by atoms with Crippen molar-refractivity contribution in [1.82, 2.24) is 19.7 Å². The van der Waals surface area contributed by atoms with Crippen molar-refractivity contribution in [1.29, 1.82) is 0 Å². The van der Waals surface area contributed by atoms with Gasteiger partial charge in [0.1, 0.15) is 11.3 Å². The topological polar surface area (TPSA) is 80.9 Å². The highest BCUT2D eigenvalue weighted by Crippen LogP contribution is 2.21. The Bertz CT molecular complexity index is 603. The zero-order valence-corrected chi connectivity index (χ0v) is 8.64. The molecule has 0 radical (unpaired) electrons. The zero-order chi connectivity index (χ0) is 11.2. The molecule has 6 nitrogen and oxygen atoms in total. The third-order valence-corrected chi connectivity index (χ3v) is 2.37. The number of rotatable bonds is 0. The molecule has 2 rings (SSSR count). The van der Waals surface area contributed by atoms with Gasteiger partial charge in [0.25, 0.3) is 5.56 Å². The van der Waals surface area contributed by atoms with Crippen LogP contribution < -0.4 is 5.56 Å². The summed E-state index contributed by atoms with van der Waals surface area (Å²) in [5.41, 5.74) is 0.460. The number of hydrogen-bond donors (Lipinski definition) is 1. The van der Waals surface area contributed by atoms with E-state index in [1.165, 1.54) is 4.57 Å². The minimum absolute atomic E-state index is 0.0231. The van der Waals surface area contributed by atoms with E-state index in [-0.39, 0.29) is 22.3 Å². The van der Waals surface area contributed by atoms with Crippen molar-refractivity contribution in [2.24, 2.45) is 7.05 Å². The Morgan fingerprint density at radius 2 is 1.87 bits per heavy atom. The number of nitrogens with zero attached hydrogens (tertiary/aromatic N) is 4. The number of pyridine rings is 1. The molecule has 78 valence electrons. The predicted molar refractivity (Wildman–Crippen MR) is 53.7 cm³/mol. The smallest absolute Gasteiger partial charge is 0.280 e. The van der Waals surface area contributed by atoms with Gasteiger partial charge >= 0.3 is 0 Å². The summed E-state index contributed by atoms with van der Waals surface area (Å²) in [4.78, 5) is 15.7. The van der Waals surface area contributed by atoms with Crippen LogP contribution in [0.3, 0.4) is 0 Å². The molecule has 0 saturated heterocycles. The molecule has 2 aromatic heterocycles. The molecule has 0 amide bonds. The molecule has 0 spiro atoms. The lowest BCUT2D eigenvalue weighted by molar-refractivity contribution is 0.466. The van der Waals surface area contributed by atoms with Gasteiger partial charge in [-0.2, -0.15) is 0 Å². The first-order valence-corrected chi connectivity index (χ1v) is 4.42. The fourth-order valence-corrected chi connectivity index (χ4v) is 1.36. The number of hydrogen-bond acceptors (Lipinski definition) is 5. The summed E-state index contributed by atoms with van der Waals surface area (Å²) < 4.78 is 1.32. The largest absolute Gasteiger partial charge is 0.504 e. The quantitative estimate of drug-likeness (QED) is 0.658. The van der Waals surface area contributed by atoms with E-state index in [1.807, 2.05) is 0 Å². The average molecular weight is 206 g/mol. The fourth-order valence-electron chi connectivity index (χ4n) is 1.36. The molecule has 0 atom stereocenters. The first kappa shape index (κ1) is 9.57. The van der Waals surface area contributed by atoms with E-state index in [0.29, 0.717) is 11.5 Å². The molecule has 2 heterocycles. The number of aromatic hydroxyl groups is 1. The van der Waals surface area contributed by atoms with E-state index in [2.05, 4.69) is 15.2 Å². The molecule has 0 bridgehead atoms. The molecular weight excluding hydrogens is 196 g/mol. The summed E-state index contributed by atoms with van der Waals surface area (Å²) in [5.74, 6) is 0.399. The molecule has 15 heavy (non-hydrogen) atoms. The highest BCUT2D eigenvalue weighted by atomic mass is 16.3. The summed E-state index contributed by atoms with van der Waals surface area (Å²) in [5, 5.41) is 17.2. The van der Waals surface area contributed by atoms with Crippen LogP contribution in [0.4, 0.5) is 0 Å². The lowest BCUT2D eigenvalue weighted by Gasteiger charge is -2.07. The van der Waals surface area contributed by atoms with Gasteiger partial charge in [0, 0.05) is 7.05 Å². The van der Waals surface area contributed by atoms with Gasteiger partial charge in [0.2, 0.25) is 0 Å². The third-order valence-electron chi connectivity index (χ3n) is 2.37. The van der Waals surface area contributed by atoms with Gasteiger partial charge in [-0.1, -0.05) is 0 Å². The highest BCUT2D eigenvalue weighted by Gasteiger charge is 2.13. The minimum Gasteiger partial charge on any atom is -0.504 e. The summed E-state index contributed by atoms with van der Waals surface area (Å²) >= 11 is 0. The highest BCUT2D eigenvalue weighted by molar-refractivity contribution is 5.80. The number of fused-ring (bicyclic) bond motifs is 1. The van der Waals surface area contributed by atoms with Gasteiger partial charge in [-0.3, -0.25) is 4.79 Å². The minimum atomic E-state index is -0.305. The Morgan fingerprint density at radius 3 is 2.53 bits per heavy atom. The first-order valence-electron chi connectivity index (χ1n) is 4.42. The molecule has 0 aliphatic rings. The van der Waals surface area contributed by atoms with Crippen molar-refractivity contribution in [2.75, 3.05) is 0 Å². The molecule has 0 aromatic carbocycles. The van der Waals surface area contributed by atoms with Gasteiger partial charge in [0.05, 0.1) is 5.69 Å². The average Bonchev–Trinajstić information content (AvgIpc) is 2.23. The van der Waals surface area contributed by atoms with Crippen molar-refractivity contribution in [2.45, 2.75) is 13.8 Å². The third kappa shape index (κ3) is 1.25. The van der Waals surface area contributed by atoms with E-state index in [4.69, 9.17) is 0 Å². The Kier molecular flexibility index (Phi) is 1.92. The van der Waals surface area contributed by atoms with Crippen molar-refractivity contribution < 1.29 is 5.11 Å². The molecule has 0 aliphatic heterocycles. The summed E-state index contributed by atoms with van der Waals surface area (Å²) in [6, 6.07) is 0. The van der Waals surface area contributed by atoms with Crippen LogP contribution in [0.5, 0.6) is 5.75 Å². The molecule has 0 aliphatic carbocycles. The van der Waals surface area contributed by atoms with E-state index >= 15 is 0 Å². The van der Waals surface area contributed by atoms with Crippen LogP contribution in [0.2, 0.25) is 0 Å². The Hall–Kier alpha value is -1.98. The summed E-state index contributed by atoms with van der Waals surface area (Å²) in [7, 11) is 1.57. The standard InChI is InChI=1S/C9H10N4O2/c1-4-8(14)6-7(9(15)13(4)3)12-11-5(2)10-6/h14H,1-3H3. The maximum atomic E-state index is 11.7. The van der Waals surface area contributed by atoms with Crippen LogP contribution in [-0.4, -0.2) is 24.9 Å². The second kappa shape index (κ2) is 3.01. The Balaban J connectivity index is 3.08. The van der Waals surface area contributed by atoms with Crippen LogP contribution in [0.15, 0.2) is 4.79 Å². The van der Waals surface area contributed by atoms with Gasteiger partial charge < -0.3 is 9.67 Å². The van der Waals surface area contributed by atoms with Crippen molar-refractivity contribution in [3.8, 4) is 5.75 Å². The van der Waals surface area contributed by atoms with Gasteiger partial charge in [0.15, 0.2) is 11.3 Å². The van der Waals surface area contributed by atoms with E-state index in [1.54, 1.807) is 20.9 Å². The van der Waals surface area contributed by atoms with Gasteiger partial charge in [-0.25, -0.2) is 4.98 Å². The van der Waals surface area contributed by atoms with Crippen LogP contribution in [-0.2, 0) is 7.05 Å². The lowest BCUT2D eigenvalue weighted by Crippen LogP contribution is -2.21. The van der Waals surface area contributed by atoms with Crippen molar-refractivity contribution >= 4 is 11.0 Å². The summed E-state index contributed by atoms with van der Waals surface area (Å²) in [6.07, 6.45) is 0. The molecule has 6 heteroatoms. The Morgan fingerprint density at radius 1 is 1.20 bits per heavy atom. The van der Waals surface area contributed by atoms with E-state index in [9.17, 15) is 9.90 Å². The molecule has 1 N–H and O–H groups in total. The van der Waals surface area contributed by atoms with Crippen LogP contribution in [0, 0.1) is 13.8 Å².